The topological polar surface area (TPSA) is 97.5 Å². The summed E-state index contributed by atoms with van der Waals surface area (Å²) < 4.78 is 36.1. The quantitative estimate of drug-likeness (QED) is 0.212. The number of ether oxygens (including phenoxy) is 2. The molecule has 1 aromatic heterocycles. The van der Waals surface area contributed by atoms with E-state index in [0.717, 1.165) is 34.7 Å². The van der Waals surface area contributed by atoms with Gasteiger partial charge in [-0.25, -0.2) is 8.42 Å². The first-order chi connectivity index (χ1) is 18.0. The lowest BCUT2D eigenvalue weighted by molar-refractivity contribution is 0.0969. The van der Waals surface area contributed by atoms with E-state index in [9.17, 15) is 13.2 Å². The van der Waals surface area contributed by atoms with Gasteiger partial charge in [0.15, 0.2) is 15.6 Å². The maximum atomic E-state index is 14.2. The second-order valence-corrected chi connectivity index (χ2v) is 11.8. The molecule has 0 aliphatic heterocycles. The number of fused-ring (bicyclic) bond motifs is 1. The number of aryl methyl sites for hydroxylation is 2. The van der Waals surface area contributed by atoms with Gasteiger partial charge in [0.2, 0.25) is 0 Å². The van der Waals surface area contributed by atoms with E-state index in [-0.39, 0.29) is 10.7 Å². The maximum Gasteiger partial charge on any atom is 0.191 e. The smallest absolute Gasteiger partial charge is 0.191 e. The predicted octanol–water partition coefficient (Wildman–Crippen LogP) is 6.68. The molecular weight excluding hydrogens is 524 g/mol. The number of carbonyl (C=O) groups excluding carboxylic acids is 1. The van der Waals surface area contributed by atoms with Crippen LogP contribution in [-0.2, 0) is 9.84 Å². The van der Waals surface area contributed by atoms with Crippen LogP contribution < -0.4 is 14.8 Å². The van der Waals surface area contributed by atoms with E-state index in [1.165, 1.54) is 19.2 Å². The second-order valence-electron chi connectivity index (χ2n) is 9.33. The van der Waals surface area contributed by atoms with Crippen molar-refractivity contribution in [3.63, 3.8) is 0 Å². The molecule has 0 aliphatic rings. The summed E-state index contributed by atoms with van der Waals surface area (Å²) in [6, 6.07) is 12.8. The first-order valence-electron chi connectivity index (χ1n) is 12.2. The minimum absolute atomic E-state index is 0.0716. The summed E-state index contributed by atoms with van der Waals surface area (Å²) in [6.07, 6.45) is 3.60. The molecule has 0 amide bonds. The van der Waals surface area contributed by atoms with Gasteiger partial charge in [-0.05, 0) is 67.8 Å². The Morgan fingerprint density at radius 1 is 1.08 bits per heavy atom. The Hall–Kier alpha value is -3.49. The summed E-state index contributed by atoms with van der Waals surface area (Å²) in [7, 11) is -2.08. The molecule has 2 N–H and O–H groups in total. The number of methoxy groups -OCH3 is 1. The molecule has 0 saturated heterocycles. The van der Waals surface area contributed by atoms with E-state index in [1.54, 1.807) is 30.5 Å². The van der Waals surface area contributed by atoms with Gasteiger partial charge < -0.3 is 19.8 Å². The summed E-state index contributed by atoms with van der Waals surface area (Å²) in [4.78, 5) is 17.5. The largest absolute Gasteiger partial charge is 0.497 e. The summed E-state index contributed by atoms with van der Waals surface area (Å²) in [5.41, 5.74) is 4.53. The Bertz CT molecular complexity index is 1610. The number of benzene rings is 3. The van der Waals surface area contributed by atoms with Crippen molar-refractivity contribution in [2.24, 2.45) is 0 Å². The molecule has 4 rings (SSSR count). The Morgan fingerprint density at radius 3 is 2.50 bits per heavy atom. The van der Waals surface area contributed by atoms with Crippen LogP contribution in [0.1, 0.15) is 46.4 Å². The molecule has 0 fully saturated rings. The number of carbonyl (C=O) groups is 1. The Labute approximate surface area is 228 Å². The number of anilines is 1. The van der Waals surface area contributed by atoms with Crippen LogP contribution in [0.4, 0.5) is 5.69 Å². The third-order valence-electron chi connectivity index (χ3n) is 6.43. The maximum absolute atomic E-state index is 14.2. The van der Waals surface area contributed by atoms with Crippen molar-refractivity contribution in [1.82, 2.24) is 4.98 Å². The molecule has 1 atom stereocenters. The predicted molar refractivity (Wildman–Crippen MR) is 152 cm³/mol. The Kier molecular flexibility index (Phi) is 8.04. The molecule has 38 heavy (non-hydrogen) atoms. The molecule has 1 unspecified atom stereocenters. The van der Waals surface area contributed by atoms with E-state index in [4.69, 9.17) is 21.1 Å². The molecule has 0 saturated carbocycles. The number of hydrogen-bond donors (Lipinski definition) is 2. The fourth-order valence-electron chi connectivity index (χ4n) is 4.27. The number of Topliss-reactive ketones (excluding diaryl/α,β-unsaturated/α-hetero) is 1. The molecule has 1 heterocycles. The molecule has 200 valence electrons. The zero-order valence-corrected chi connectivity index (χ0v) is 23.6. The molecule has 0 radical (unpaired) electrons. The van der Waals surface area contributed by atoms with Crippen LogP contribution in [-0.4, -0.2) is 39.2 Å². The van der Waals surface area contributed by atoms with E-state index in [1.807, 2.05) is 32.9 Å². The van der Waals surface area contributed by atoms with Gasteiger partial charge in [-0.2, -0.15) is 0 Å². The van der Waals surface area contributed by atoms with Gasteiger partial charge in [0.05, 0.1) is 18.6 Å². The van der Waals surface area contributed by atoms with Crippen LogP contribution in [0.5, 0.6) is 11.5 Å². The zero-order chi connectivity index (χ0) is 27.6. The van der Waals surface area contributed by atoms with Crippen molar-refractivity contribution < 1.29 is 22.7 Å². The normalized spacial score (nSPS) is 12.4. The number of halogens is 1. The number of aromatic amines is 1. The third kappa shape index (κ3) is 5.81. The van der Waals surface area contributed by atoms with E-state index in [2.05, 4.69) is 10.3 Å². The minimum atomic E-state index is -3.54. The molecule has 0 bridgehead atoms. The molecule has 9 heteroatoms. The van der Waals surface area contributed by atoms with Crippen LogP contribution >= 0.6 is 11.6 Å². The van der Waals surface area contributed by atoms with Crippen molar-refractivity contribution in [1.29, 1.82) is 0 Å². The summed E-state index contributed by atoms with van der Waals surface area (Å²) in [5, 5.41) is 4.55. The highest BCUT2D eigenvalue weighted by Gasteiger charge is 2.28. The van der Waals surface area contributed by atoms with Crippen molar-refractivity contribution in [3.05, 3.63) is 82.0 Å². The molecule has 3 aromatic carbocycles. The standard InChI is InChI=1S/C29H31ClN2O5S/c1-6-9-37-27-12-19(30)7-8-23(27)28(32-20-13-21(36-4)15-22(14-20)38(5,34)35)29(33)25-16-31-26-11-18(3)17(2)10-24(25)26/h7-8,10-16,28,31-32H,6,9H2,1-5H3. The lowest BCUT2D eigenvalue weighted by atomic mass is 9.95. The number of H-pyrrole nitrogens is 1. The monoisotopic (exact) mass is 554 g/mol. The van der Waals surface area contributed by atoms with Crippen molar-refractivity contribution in [2.45, 2.75) is 38.1 Å². The number of ketones is 1. The zero-order valence-electron chi connectivity index (χ0n) is 22.0. The molecule has 7 nitrogen and oxygen atoms in total. The van der Waals surface area contributed by atoms with E-state index >= 15 is 0 Å². The summed E-state index contributed by atoms with van der Waals surface area (Å²) in [5.74, 6) is 0.605. The fraction of sp³-hybridized carbons (Fsp3) is 0.276. The van der Waals surface area contributed by atoms with Gasteiger partial charge in [-0.3, -0.25) is 4.79 Å². The summed E-state index contributed by atoms with van der Waals surface area (Å²) in [6.45, 7) is 6.46. The fourth-order valence-corrected chi connectivity index (χ4v) is 5.10. The van der Waals surface area contributed by atoms with Gasteiger partial charge >= 0.3 is 0 Å². The molecule has 0 aliphatic carbocycles. The highest BCUT2D eigenvalue weighted by Crippen LogP contribution is 2.36. The molecular formula is C29H31ClN2O5S. The first-order valence-corrected chi connectivity index (χ1v) is 14.5. The molecule has 4 aromatic rings. The Morgan fingerprint density at radius 2 is 1.82 bits per heavy atom. The average molecular weight is 555 g/mol. The number of hydrogen-bond acceptors (Lipinski definition) is 6. The number of sulfone groups is 1. The number of nitrogens with one attached hydrogen (secondary N) is 2. The van der Waals surface area contributed by atoms with Gasteiger partial charge in [0, 0.05) is 51.3 Å². The highest BCUT2D eigenvalue weighted by atomic mass is 35.5. The number of aromatic nitrogens is 1. The first kappa shape index (κ1) is 27.5. The molecule has 0 spiro atoms. The minimum Gasteiger partial charge on any atom is -0.497 e. The second kappa shape index (κ2) is 11.1. The lowest BCUT2D eigenvalue weighted by Gasteiger charge is -2.23. The van der Waals surface area contributed by atoms with Gasteiger partial charge in [-0.1, -0.05) is 24.6 Å². The van der Waals surface area contributed by atoms with Crippen molar-refractivity contribution in [2.75, 3.05) is 25.3 Å². The van der Waals surface area contributed by atoms with Crippen molar-refractivity contribution >= 4 is 43.8 Å². The van der Waals surface area contributed by atoms with Gasteiger partial charge in [-0.15, -0.1) is 0 Å². The van der Waals surface area contributed by atoms with Gasteiger partial charge in [0.25, 0.3) is 0 Å². The summed E-state index contributed by atoms with van der Waals surface area (Å²) >= 11 is 6.29. The van der Waals surface area contributed by atoms with Crippen molar-refractivity contribution in [3.8, 4) is 11.5 Å². The van der Waals surface area contributed by atoms with Gasteiger partial charge in [0.1, 0.15) is 17.5 Å². The van der Waals surface area contributed by atoms with Crippen LogP contribution in [0.3, 0.4) is 0 Å². The third-order valence-corrected chi connectivity index (χ3v) is 7.75. The number of rotatable bonds is 10. The van der Waals surface area contributed by atoms with Crippen LogP contribution in [0.2, 0.25) is 5.02 Å². The van der Waals surface area contributed by atoms with Crippen LogP contribution in [0.15, 0.2) is 59.6 Å². The van der Waals surface area contributed by atoms with E-state index < -0.39 is 15.9 Å². The van der Waals surface area contributed by atoms with E-state index in [0.29, 0.717) is 39.9 Å². The van der Waals surface area contributed by atoms with Crippen LogP contribution in [0, 0.1) is 13.8 Å². The SMILES string of the molecule is CCCOc1cc(Cl)ccc1C(Nc1cc(OC)cc(S(C)(=O)=O)c1)C(=O)c1c[nH]c2cc(C)c(C)cc12. The van der Waals surface area contributed by atoms with Crippen LogP contribution in [0.25, 0.3) is 10.9 Å². The average Bonchev–Trinajstić information content (AvgIpc) is 3.27. The Balaban J connectivity index is 1.89. The highest BCUT2D eigenvalue weighted by molar-refractivity contribution is 7.90. The lowest BCUT2D eigenvalue weighted by Crippen LogP contribution is -2.22.